The normalized spacial score (nSPS) is 14.5. The van der Waals surface area contributed by atoms with Crippen LogP contribution in [0.1, 0.15) is 18.9 Å². The number of hydrogen-bond donors (Lipinski definition) is 1. The lowest BCUT2D eigenvalue weighted by atomic mass is 9.94. The van der Waals surface area contributed by atoms with Crippen LogP contribution in [0.4, 0.5) is 0 Å². The van der Waals surface area contributed by atoms with Crippen LogP contribution >= 0.6 is 0 Å². The Labute approximate surface area is 78.4 Å². The van der Waals surface area contributed by atoms with Gasteiger partial charge in [-0.25, -0.2) is 0 Å². The molecule has 1 N–H and O–H groups in total. The molecule has 1 aromatic carbocycles. The minimum Gasteiger partial charge on any atom is -0.375 e. The van der Waals surface area contributed by atoms with Crippen LogP contribution in [0.3, 0.4) is 0 Å². The zero-order valence-electron chi connectivity index (χ0n) is 7.70. The van der Waals surface area contributed by atoms with Gasteiger partial charge in [-0.3, -0.25) is 0 Å². The first-order valence-corrected chi connectivity index (χ1v) is 4.38. The van der Waals surface area contributed by atoms with Gasteiger partial charge in [-0.15, -0.1) is 0 Å². The maximum atomic E-state index is 9.72. The Morgan fingerprint density at radius 3 is 2.46 bits per heavy atom. The van der Waals surface area contributed by atoms with Gasteiger partial charge in [0.15, 0.2) is 5.60 Å². The van der Waals surface area contributed by atoms with E-state index in [4.69, 9.17) is 5.26 Å². The van der Waals surface area contributed by atoms with Crippen molar-refractivity contribution in [1.29, 1.82) is 5.26 Å². The van der Waals surface area contributed by atoms with Gasteiger partial charge in [-0.1, -0.05) is 37.3 Å². The van der Waals surface area contributed by atoms with Crippen LogP contribution in [0, 0.1) is 11.3 Å². The first-order valence-electron chi connectivity index (χ1n) is 4.38. The van der Waals surface area contributed by atoms with E-state index in [1.54, 1.807) is 0 Å². The molecule has 68 valence electrons. The average molecular weight is 175 g/mol. The molecule has 0 bridgehead atoms. The van der Waals surface area contributed by atoms with E-state index in [0.717, 1.165) is 5.56 Å². The molecule has 0 fully saturated rings. The second kappa shape index (κ2) is 4.06. The first-order chi connectivity index (χ1) is 6.20. The fourth-order valence-electron chi connectivity index (χ4n) is 1.18. The van der Waals surface area contributed by atoms with Crippen molar-refractivity contribution >= 4 is 0 Å². The molecule has 0 aliphatic carbocycles. The summed E-state index contributed by atoms with van der Waals surface area (Å²) >= 11 is 0. The Balaban J connectivity index is 2.75. The Kier molecular flexibility index (Phi) is 3.05. The van der Waals surface area contributed by atoms with Crippen LogP contribution in [0.15, 0.2) is 30.3 Å². The molecule has 0 spiro atoms. The van der Waals surface area contributed by atoms with Crippen LogP contribution < -0.4 is 0 Å². The summed E-state index contributed by atoms with van der Waals surface area (Å²) in [6, 6.07) is 11.5. The standard InChI is InChI=1S/C11H13NO/c1-2-11(13,9-12)8-10-6-4-3-5-7-10/h3-7,13H,2,8H2,1H3/t11-/m0/s1. The Bertz CT molecular complexity index is 302. The molecule has 0 saturated carbocycles. The van der Waals surface area contributed by atoms with Gasteiger partial charge in [0.25, 0.3) is 0 Å². The highest BCUT2D eigenvalue weighted by molar-refractivity contribution is 5.19. The van der Waals surface area contributed by atoms with Crippen LogP contribution in [0.2, 0.25) is 0 Å². The molecule has 0 amide bonds. The lowest BCUT2D eigenvalue weighted by molar-refractivity contribution is 0.0952. The van der Waals surface area contributed by atoms with Crippen molar-refractivity contribution in [3.05, 3.63) is 35.9 Å². The van der Waals surface area contributed by atoms with Crippen molar-refractivity contribution < 1.29 is 5.11 Å². The van der Waals surface area contributed by atoms with Gasteiger partial charge in [0.1, 0.15) is 0 Å². The third kappa shape index (κ3) is 2.57. The molecule has 0 heterocycles. The third-order valence-electron chi connectivity index (χ3n) is 2.13. The zero-order chi connectivity index (χ0) is 9.73. The van der Waals surface area contributed by atoms with E-state index in [0.29, 0.717) is 12.8 Å². The summed E-state index contributed by atoms with van der Waals surface area (Å²) in [5, 5.41) is 18.5. The Hall–Kier alpha value is -1.33. The van der Waals surface area contributed by atoms with E-state index in [1.165, 1.54) is 0 Å². The number of nitrogens with zero attached hydrogens (tertiary/aromatic N) is 1. The lowest BCUT2D eigenvalue weighted by Gasteiger charge is -2.17. The van der Waals surface area contributed by atoms with Gasteiger partial charge in [-0.2, -0.15) is 5.26 Å². The predicted molar refractivity (Wildman–Crippen MR) is 51.0 cm³/mol. The van der Waals surface area contributed by atoms with E-state index in [1.807, 2.05) is 43.3 Å². The van der Waals surface area contributed by atoms with Crippen molar-refractivity contribution in [2.75, 3.05) is 0 Å². The smallest absolute Gasteiger partial charge is 0.154 e. The molecule has 2 nitrogen and oxygen atoms in total. The Morgan fingerprint density at radius 2 is 2.00 bits per heavy atom. The molecule has 13 heavy (non-hydrogen) atoms. The fraction of sp³-hybridized carbons (Fsp3) is 0.364. The lowest BCUT2D eigenvalue weighted by Crippen LogP contribution is -2.28. The van der Waals surface area contributed by atoms with E-state index >= 15 is 0 Å². The molecule has 2 heteroatoms. The van der Waals surface area contributed by atoms with Gasteiger partial charge < -0.3 is 5.11 Å². The SMILES string of the molecule is CC[C@@](O)(C#N)Cc1ccccc1. The highest BCUT2D eigenvalue weighted by Crippen LogP contribution is 2.15. The quantitative estimate of drug-likeness (QED) is 0.713. The molecule has 0 aliphatic heterocycles. The molecule has 1 atom stereocenters. The second-order valence-corrected chi connectivity index (χ2v) is 3.16. The van der Waals surface area contributed by atoms with Crippen molar-refractivity contribution in [3.8, 4) is 6.07 Å². The predicted octanol–water partition coefficient (Wildman–Crippen LogP) is 1.89. The van der Waals surface area contributed by atoms with Crippen molar-refractivity contribution in [1.82, 2.24) is 0 Å². The van der Waals surface area contributed by atoms with Gasteiger partial charge in [0.2, 0.25) is 0 Å². The highest BCUT2D eigenvalue weighted by atomic mass is 16.3. The topological polar surface area (TPSA) is 44.0 Å². The van der Waals surface area contributed by atoms with E-state index < -0.39 is 5.60 Å². The average Bonchev–Trinajstić information content (AvgIpc) is 2.19. The van der Waals surface area contributed by atoms with Crippen molar-refractivity contribution in [3.63, 3.8) is 0 Å². The molecule has 0 radical (unpaired) electrons. The third-order valence-corrected chi connectivity index (χ3v) is 2.13. The van der Waals surface area contributed by atoms with E-state index in [-0.39, 0.29) is 0 Å². The summed E-state index contributed by atoms with van der Waals surface area (Å²) in [7, 11) is 0. The molecule has 0 aromatic heterocycles. The van der Waals surface area contributed by atoms with Crippen LogP contribution in [-0.4, -0.2) is 10.7 Å². The molecular formula is C11H13NO. The molecule has 0 unspecified atom stereocenters. The zero-order valence-corrected chi connectivity index (χ0v) is 7.70. The molecule has 0 aliphatic rings. The Morgan fingerprint density at radius 1 is 1.38 bits per heavy atom. The minimum atomic E-state index is -1.21. The van der Waals surface area contributed by atoms with Crippen LogP contribution in [0.5, 0.6) is 0 Å². The van der Waals surface area contributed by atoms with E-state index in [2.05, 4.69) is 0 Å². The largest absolute Gasteiger partial charge is 0.375 e. The minimum absolute atomic E-state index is 0.404. The summed E-state index contributed by atoms with van der Waals surface area (Å²) in [5.41, 5.74) is -0.213. The molecular weight excluding hydrogens is 162 g/mol. The van der Waals surface area contributed by atoms with Crippen molar-refractivity contribution in [2.45, 2.75) is 25.4 Å². The highest BCUT2D eigenvalue weighted by Gasteiger charge is 2.23. The van der Waals surface area contributed by atoms with Gasteiger partial charge in [0.05, 0.1) is 6.07 Å². The number of aliphatic hydroxyl groups is 1. The summed E-state index contributed by atoms with van der Waals surface area (Å²) < 4.78 is 0. The van der Waals surface area contributed by atoms with Crippen LogP contribution in [0.25, 0.3) is 0 Å². The summed E-state index contributed by atoms with van der Waals surface area (Å²) in [4.78, 5) is 0. The fourth-order valence-corrected chi connectivity index (χ4v) is 1.18. The van der Waals surface area contributed by atoms with Crippen LogP contribution in [-0.2, 0) is 6.42 Å². The van der Waals surface area contributed by atoms with Gasteiger partial charge >= 0.3 is 0 Å². The summed E-state index contributed by atoms with van der Waals surface area (Å²) in [6.45, 7) is 1.81. The maximum Gasteiger partial charge on any atom is 0.154 e. The number of rotatable bonds is 3. The first kappa shape index (κ1) is 9.76. The number of nitriles is 1. The van der Waals surface area contributed by atoms with Crippen molar-refractivity contribution in [2.24, 2.45) is 0 Å². The van der Waals surface area contributed by atoms with E-state index in [9.17, 15) is 5.11 Å². The molecule has 1 aromatic rings. The molecule has 0 saturated heterocycles. The number of hydrogen-bond acceptors (Lipinski definition) is 2. The second-order valence-electron chi connectivity index (χ2n) is 3.16. The maximum absolute atomic E-state index is 9.72. The molecule has 1 rings (SSSR count). The summed E-state index contributed by atoms with van der Waals surface area (Å²) in [6.07, 6.45) is 0.860. The number of benzene rings is 1. The monoisotopic (exact) mass is 175 g/mol. The summed E-state index contributed by atoms with van der Waals surface area (Å²) in [5.74, 6) is 0. The van der Waals surface area contributed by atoms with Gasteiger partial charge in [-0.05, 0) is 12.0 Å². The van der Waals surface area contributed by atoms with Gasteiger partial charge in [0, 0.05) is 6.42 Å².